The molecule has 0 radical (unpaired) electrons. The largest absolute Gasteiger partial charge is 0.336 e. The van der Waals surface area contributed by atoms with E-state index in [0.717, 1.165) is 5.56 Å². The number of urea groups is 1. The van der Waals surface area contributed by atoms with Crippen LogP contribution in [-0.4, -0.2) is 31.6 Å². The highest BCUT2D eigenvalue weighted by atomic mass is 16.2. The van der Waals surface area contributed by atoms with Gasteiger partial charge in [0, 0.05) is 26.7 Å². The molecule has 0 aliphatic rings. The van der Waals surface area contributed by atoms with Crippen LogP contribution in [0.5, 0.6) is 0 Å². The van der Waals surface area contributed by atoms with E-state index in [1.165, 1.54) is 4.90 Å². The highest BCUT2D eigenvalue weighted by Gasteiger charge is 2.08. The molecular weight excluding hydrogens is 190 g/mol. The molecule has 4 heteroatoms. The van der Waals surface area contributed by atoms with E-state index in [1.54, 1.807) is 14.1 Å². The van der Waals surface area contributed by atoms with Gasteiger partial charge >= 0.3 is 6.03 Å². The third-order valence-electron chi connectivity index (χ3n) is 2.11. The van der Waals surface area contributed by atoms with Crippen molar-refractivity contribution in [1.29, 1.82) is 0 Å². The maximum absolute atomic E-state index is 11.2. The molecule has 0 bridgehead atoms. The second-order valence-corrected chi connectivity index (χ2v) is 3.60. The van der Waals surface area contributed by atoms with Crippen LogP contribution >= 0.6 is 0 Å². The van der Waals surface area contributed by atoms with Gasteiger partial charge in [0.2, 0.25) is 0 Å². The fourth-order valence-electron chi connectivity index (χ4n) is 1.17. The molecule has 2 amide bonds. The van der Waals surface area contributed by atoms with Gasteiger partial charge in [-0.15, -0.1) is 0 Å². The number of amides is 2. The number of benzene rings is 1. The van der Waals surface area contributed by atoms with Gasteiger partial charge in [-0.2, -0.15) is 0 Å². The van der Waals surface area contributed by atoms with Crippen molar-refractivity contribution >= 4 is 6.03 Å². The Morgan fingerprint density at radius 1 is 1.40 bits per heavy atom. The first-order valence-electron chi connectivity index (χ1n) is 4.87. The summed E-state index contributed by atoms with van der Waals surface area (Å²) in [7, 11) is 3.40. The standard InChI is InChI=1S/C11H17N3O/c1-14(2)11(15)13-8-10(12)9-6-4-3-5-7-9/h3-7,10H,8,12H2,1-2H3,(H,13,15). The van der Waals surface area contributed by atoms with E-state index in [4.69, 9.17) is 5.73 Å². The quantitative estimate of drug-likeness (QED) is 0.775. The van der Waals surface area contributed by atoms with Gasteiger partial charge in [0.1, 0.15) is 0 Å². The Morgan fingerprint density at radius 2 is 2.00 bits per heavy atom. The molecule has 1 rings (SSSR count). The summed E-state index contributed by atoms with van der Waals surface area (Å²) in [5, 5.41) is 2.74. The summed E-state index contributed by atoms with van der Waals surface area (Å²) in [6.07, 6.45) is 0. The molecular formula is C11H17N3O. The van der Waals surface area contributed by atoms with Crippen LogP contribution in [0.1, 0.15) is 11.6 Å². The van der Waals surface area contributed by atoms with Crippen LogP contribution in [0.4, 0.5) is 4.79 Å². The molecule has 1 aromatic rings. The predicted molar refractivity (Wildman–Crippen MR) is 60.5 cm³/mol. The normalized spacial score (nSPS) is 11.9. The molecule has 0 aliphatic carbocycles. The highest BCUT2D eigenvalue weighted by Crippen LogP contribution is 2.07. The van der Waals surface area contributed by atoms with Gasteiger partial charge < -0.3 is 16.0 Å². The molecule has 0 aromatic heterocycles. The van der Waals surface area contributed by atoms with Gasteiger partial charge in [0.05, 0.1) is 0 Å². The highest BCUT2D eigenvalue weighted by molar-refractivity contribution is 5.73. The van der Waals surface area contributed by atoms with E-state index in [2.05, 4.69) is 5.32 Å². The average molecular weight is 207 g/mol. The molecule has 0 saturated heterocycles. The van der Waals surface area contributed by atoms with Gasteiger partial charge in [0.25, 0.3) is 0 Å². The van der Waals surface area contributed by atoms with Gasteiger partial charge in [-0.05, 0) is 5.56 Å². The minimum atomic E-state index is -0.157. The smallest absolute Gasteiger partial charge is 0.316 e. The molecule has 1 unspecified atom stereocenters. The Balaban J connectivity index is 2.44. The summed E-state index contributed by atoms with van der Waals surface area (Å²) in [5.74, 6) is 0. The van der Waals surface area contributed by atoms with Crippen molar-refractivity contribution in [2.24, 2.45) is 5.73 Å². The van der Waals surface area contributed by atoms with Crippen molar-refractivity contribution in [3.8, 4) is 0 Å². The van der Waals surface area contributed by atoms with Crippen molar-refractivity contribution < 1.29 is 4.79 Å². The topological polar surface area (TPSA) is 58.4 Å². The molecule has 15 heavy (non-hydrogen) atoms. The van der Waals surface area contributed by atoms with Crippen LogP contribution in [0.2, 0.25) is 0 Å². The van der Waals surface area contributed by atoms with Gasteiger partial charge in [-0.1, -0.05) is 30.3 Å². The number of hydrogen-bond acceptors (Lipinski definition) is 2. The number of nitrogens with one attached hydrogen (secondary N) is 1. The number of nitrogens with zero attached hydrogens (tertiary/aromatic N) is 1. The van der Waals surface area contributed by atoms with E-state index in [-0.39, 0.29) is 12.1 Å². The summed E-state index contributed by atoms with van der Waals surface area (Å²) in [4.78, 5) is 12.7. The zero-order valence-corrected chi connectivity index (χ0v) is 9.10. The van der Waals surface area contributed by atoms with Crippen LogP contribution < -0.4 is 11.1 Å². The first kappa shape index (κ1) is 11.5. The summed E-state index contributed by atoms with van der Waals surface area (Å²) in [6, 6.07) is 9.43. The summed E-state index contributed by atoms with van der Waals surface area (Å²) < 4.78 is 0. The fourth-order valence-corrected chi connectivity index (χ4v) is 1.17. The Morgan fingerprint density at radius 3 is 2.53 bits per heavy atom. The van der Waals surface area contributed by atoms with E-state index in [0.29, 0.717) is 6.54 Å². The Hall–Kier alpha value is -1.55. The maximum Gasteiger partial charge on any atom is 0.316 e. The summed E-state index contributed by atoms with van der Waals surface area (Å²) >= 11 is 0. The third kappa shape index (κ3) is 3.59. The van der Waals surface area contributed by atoms with Crippen molar-refractivity contribution in [2.45, 2.75) is 6.04 Å². The molecule has 0 aliphatic heterocycles. The summed E-state index contributed by atoms with van der Waals surface area (Å²) in [6.45, 7) is 0.445. The molecule has 0 spiro atoms. The van der Waals surface area contributed by atoms with E-state index < -0.39 is 0 Å². The fraction of sp³-hybridized carbons (Fsp3) is 0.364. The second kappa shape index (κ2) is 5.36. The summed E-state index contributed by atoms with van der Waals surface area (Å²) in [5.41, 5.74) is 6.93. The molecule has 82 valence electrons. The van der Waals surface area contributed by atoms with Crippen LogP contribution in [-0.2, 0) is 0 Å². The lowest BCUT2D eigenvalue weighted by atomic mass is 10.1. The number of nitrogens with two attached hydrogens (primary N) is 1. The minimum absolute atomic E-state index is 0.124. The molecule has 0 saturated carbocycles. The number of rotatable bonds is 3. The van der Waals surface area contributed by atoms with Gasteiger partial charge in [-0.25, -0.2) is 4.79 Å². The zero-order chi connectivity index (χ0) is 11.3. The lowest BCUT2D eigenvalue weighted by Crippen LogP contribution is -2.38. The Bertz CT molecular complexity index is 311. The van der Waals surface area contributed by atoms with Crippen LogP contribution in [0.25, 0.3) is 0 Å². The van der Waals surface area contributed by atoms with Crippen LogP contribution in [0.15, 0.2) is 30.3 Å². The van der Waals surface area contributed by atoms with Crippen molar-refractivity contribution in [3.05, 3.63) is 35.9 Å². The predicted octanol–water partition coefficient (Wildman–Crippen LogP) is 0.958. The SMILES string of the molecule is CN(C)C(=O)NCC(N)c1ccccc1. The monoisotopic (exact) mass is 207 g/mol. The first-order chi connectivity index (χ1) is 7.11. The number of hydrogen-bond donors (Lipinski definition) is 2. The van der Waals surface area contributed by atoms with E-state index >= 15 is 0 Å². The third-order valence-corrected chi connectivity index (χ3v) is 2.11. The zero-order valence-electron chi connectivity index (χ0n) is 9.10. The molecule has 1 atom stereocenters. The Labute approximate surface area is 90.1 Å². The first-order valence-corrected chi connectivity index (χ1v) is 4.87. The van der Waals surface area contributed by atoms with Gasteiger partial charge in [-0.3, -0.25) is 0 Å². The lowest BCUT2D eigenvalue weighted by molar-refractivity contribution is 0.216. The van der Waals surface area contributed by atoms with Gasteiger partial charge in [0.15, 0.2) is 0 Å². The minimum Gasteiger partial charge on any atom is -0.336 e. The molecule has 4 nitrogen and oxygen atoms in total. The molecule has 3 N–H and O–H groups in total. The van der Waals surface area contributed by atoms with E-state index in [1.807, 2.05) is 30.3 Å². The van der Waals surface area contributed by atoms with Crippen LogP contribution in [0, 0.1) is 0 Å². The van der Waals surface area contributed by atoms with Crippen molar-refractivity contribution in [3.63, 3.8) is 0 Å². The molecule has 0 heterocycles. The Kier molecular flexibility index (Phi) is 4.12. The van der Waals surface area contributed by atoms with Crippen molar-refractivity contribution in [2.75, 3.05) is 20.6 Å². The lowest BCUT2D eigenvalue weighted by Gasteiger charge is -2.16. The molecule has 1 aromatic carbocycles. The maximum atomic E-state index is 11.2. The number of carbonyl (C=O) groups is 1. The average Bonchev–Trinajstić information content (AvgIpc) is 2.26. The van der Waals surface area contributed by atoms with Crippen LogP contribution in [0.3, 0.4) is 0 Å². The van der Waals surface area contributed by atoms with E-state index in [9.17, 15) is 4.79 Å². The number of carbonyl (C=O) groups excluding carboxylic acids is 1. The molecule has 0 fully saturated rings. The van der Waals surface area contributed by atoms with Crippen molar-refractivity contribution in [1.82, 2.24) is 10.2 Å². The second-order valence-electron chi connectivity index (χ2n) is 3.60.